The van der Waals surface area contributed by atoms with E-state index in [2.05, 4.69) is 15.5 Å². The number of para-hydroxylation sites is 2. The fourth-order valence-electron chi connectivity index (χ4n) is 3.43. The van der Waals surface area contributed by atoms with E-state index in [4.69, 9.17) is 4.42 Å². The van der Waals surface area contributed by atoms with E-state index in [-0.39, 0.29) is 30.0 Å². The Labute approximate surface area is 172 Å². The zero-order valence-electron chi connectivity index (χ0n) is 16.2. The second-order valence-electron chi connectivity index (χ2n) is 6.70. The second kappa shape index (κ2) is 8.12. The molecule has 4 rings (SSSR count). The van der Waals surface area contributed by atoms with Crippen molar-refractivity contribution in [3.8, 4) is 11.6 Å². The molecule has 2 amide bonds. The van der Waals surface area contributed by atoms with Gasteiger partial charge >= 0.3 is 0 Å². The lowest BCUT2D eigenvalue weighted by Crippen LogP contribution is -2.40. The summed E-state index contributed by atoms with van der Waals surface area (Å²) in [6.07, 6.45) is 1.84. The van der Waals surface area contributed by atoms with Crippen LogP contribution in [-0.4, -0.2) is 38.4 Å². The van der Waals surface area contributed by atoms with Crippen LogP contribution in [0.15, 0.2) is 52.2 Å². The van der Waals surface area contributed by atoms with Gasteiger partial charge in [0.05, 0.1) is 23.4 Å². The van der Waals surface area contributed by atoms with Crippen LogP contribution >= 0.6 is 11.8 Å². The van der Waals surface area contributed by atoms with Gasteiger partial charge < -0.3 is 14.6 Å². The van der Waals surface area contributed by atoms with Crippen molar-refractivity contribution in [2.24, 2.45) is 0 Å². The molecule has 0 bridgehead atoms. The predicted octanol–water partition coefficient (Wildman–Crippen LogP) is 3.41. The van der Waals surface area contributed by atoms with E-state index in [1.165, 1.54) is 11.8 Å². The highest BCUT2D eigenvalue weighted by atomic mass is 32.2. The maximum absolute atomic E-state index is 13.1. The van der Waals surface area contributed by atoms with Crippen molar-refractivity contribution >= 4 is 35.0 Å². The number of furan rings is 1. The number of rotatable bonds is 5. The average molecular weight is 411 g/mol. The molecule has 0 spiro atoms. The first kappa shape index (κ1) is 19.3. The Morgan fingerprint density at radius 2 is 2.10 bits per heavy atom. The third-order valence-corrected chi connectivity index (χ3v) is 5.68. The zero-order chi connectivity index (χ0) is 20.4. The van der Waals surface area contributed by atoms with Gasteiger partial charge in [-0.3, -0.25) is 14.2 Å². The molecular weight excluding hydrogens is 390 g/mol. The molecule has 29 heavy (non-hydrogen) atoms. The molecular formula is C20H21N5O3S. The Kier molecular flexibility index (Phi) is 5.39. The summed E-state index contributed by atoms with van der Waals surface area (Å²) in [5.74, 6) is 1.27. The molecule has 0 fully saturated rings. The topological polar surface area (TPSA) is 93.3 Å². The summed E-state index contributed by atoms with van der Waals surface area (Å²) in [7, 11) is 0. The van der Waals surface area contributed by atoms with Crippen LogP contribution in [0.2, 0.25) is 0 Å². The van der Waals surface area contributed by atoms with Gasteiger partial charge in [-0.25, -0.2) is 0 Å². The van der Waals surface area contributed by atoms with Gasteiger partial charge in [-0.05, 0) is 38.1 Å². The van der Waals surface area contributed by atoms with E-state index < -0.39 is 0 Å². The number of amides is 2. The van der Waals surface area contributed by atoms with Crippen molar-refractivity contribution < 1.29 is 14.0 Å². The standard InChI is InChI=1S/C20H21N5O3S/c1-3-24-19(16-9-6-10-28-16)22-23-20(24)29-12-18(27)25-13(2)11-17(26)21-14-7-4-5-8-15(14)25/h4-10,13H,3,11-12H2,1-2H3,(H,21,26). The van der Waals surface area contributed by atoms with E-state index in [0.717, 1.165) is 0 Å². The number of fused-ring (bicyclic) bond motifs is 1. The largest absolute Gasteiger partial charge is 0.461 e. The molecule has 1 aromatic carbocycles. The maximum Gasteiger partial charge on any atom is 0.237 e. The number of carbonyl (C=O) groups excluding carboxylic acids is 2. The number of hydrogen-bond donors (Lipinski definition) is 1. The van der Waals surface area contributed by atoms with Gasteiger partial charge in [0.1, 0.15) is 0 Å². The molecule has 0 radical (unpaired) electrons. The molecule has 8 nitrogen and oxygen atoms in total. The fraction of sp³-hybridized carbons (Fsp3) is 0.300. The molecule has 150 valence electrons. The molecule has 0 saturated heterocycles. The smallest absolute Gasteiger partial charge is 0.237 e. The number of carbonyl (C=O) groups is 2. The maximum atomic E-state index is 13.1. The molecule has 0 aliphatic carbocycles. The van der Waals surface area contributed by atoms with E-state index >= 15 is 0 Å². The van der Waals surface area contributed by atoms with Gasteiger partial charge in [-0.1, -0.05) is 23.9 Å². The number of nitrogens with zero attached hydrogens (tertiary/aromatic N) is 4. The predicted molar refractivity (Wildman–Crippen MR) is 111 cm³/mol. The third kappa shape index (κ3) is 3.77. The SMILES string of the molecule is CCn1c(SCC(=O)N2c3ccccc3NC(=O)CC2C)nnc1-c1ccco1. The van der Waals surface area contributed by atoms with Crippen LogP contribution < -0.4 is 10.2 Å². The number of aromatic nitrogens is 3. The molecule has 9 heteroatoms. The van der Waals surface area contributed by atoms with Crippen LogP contribution in [0, 0.1) is 0 Å². The van der Waals surface area contributed by atoms with Gasteiger partial charge in [0, 0.05) is 19.0 Å². The Bertz CT molecular complexity index is 1030. The number of nitrogens with one attached hydrogen (secondary N) is 1. The van der Waals surface area contributed by atoms with Gasteiger partial charge in [0.15, 0.2) is 16.7 Å². The van der Waals surface area contributed by atoms with Crippen molar-refractivity contribution in [1.29, 1.82) is 0 Å². The third-order valence-electron chi connectivity index (χ3n) is 4.73. The lowest BCUT2D eigenvalue weighted by molar-refractivity contribution is -0.117. The number of anilines is 2. The molecule has 1 atom stereocenters. The summed E-state index contributed by atoms with van der Waals surface area (Å²) in [4.78, 5) is 26.9. The van der Waals surface area contributed by atoms with Crippen LogP contribution in [0.3, 0.4) is 0 Å². The monoisotopic (exact) mass is 411 g/mol. The molecule has 1 unspecified atom stereocenters. The molecule has 1 aliphatic rings. The van der Waals surface area contributed by atoms with Gasteiger partial charge in [-0.2, -0.15) is 0 Å². The van der Waals surface area contributed by atoms with Crippen molar-refractivity contribution in [1.82, 2.24) is 14.8 Å². The summed E-state index contributed by atoms with van der Waals surface area (Å²) in [6, 6.07) is 10.7. The average Bonchev–Trinajstić information content (AvgIpc) is 3.34. The van der Waals surface area contributed by atoms with Crippen molar-refractivity contribution in [3.05, 3.63) is 42.7 Å². The summed E-state index contributed by atoms with van der Waals surface area (Å²) in [5.41, 5.74) is 1.36. The minimum absolute atomic E-state index is 0.0864. The molecule has 1 N–H and O–H groups in total. The fourth-order valence-corrected chi connectivity index (χ4v) is 4.29. The molecule has 1 aliphatic heterocycles. The highest BCUT2D eigenvalue weighted by molar-refractivity contribution is 7.99. The van der Waals surface area contributed by atoms with Gasteiger partial charge in [0.2, 0.25) is 11.8 Å². The van der Waals surface area contributed by atoms with Crippen LogP contribution in [0.25, 0.3) is 11.6 Å². The highest BCUT2D eigenvalue weighted by Crippen LogP contribution is 2.32. The normalized spacial score (nSPS) is 16.3. The second-order valence-corrected chi connectivity index (χ2v) is 7.64. The van der Waals surface area contributed by atoms with Crippen LogP contribution in [0.4, 0.5) is 11.4 Å². The molecule has 2 aromatic heterocycles. The summed E-state index contributed by atoms with van der Waals surface area (Å²) < 4.78 is 7.34. The summed E-state index contributed by atoms with van der Waals surface area (Å²) in [6.45, 7) is 4.53. The first-order valence-electron chi connectivity index (χ1n) is 9.39. The Hall–Kier alpha value is -3.07. The van der Waals surface area contributed by atoms with Crippen LogP contribution in [-0.2, 0) is 16.1 Å². The summed E-state index contributed by atoms with van der Waals surface area (Å²) in [5, 5.41) is 12.0. The molecule has 3 heterocycles. The van der Waals surface area contributed by atoms with E-state index in [1.54, 1.807) is 17.2 Å². The minimum atomic E-state index is -0.241. The van der Waals surface area contributed by atoms with E-state index in [9.17, 15) is 9.59 Å². The Morgan fingerprint density at radius 3 is 2.86 bits per heavy atom. The van der Waals surface area contributed by atoms with Crippen molar-refractivity contribution in [2.45, 2.75) is 38.0 Å². The van der Waals surface area contributed by atoms with Gasteiger partial charge in [0.25, 0.3) is 0 Å². The zero-order valence-corrected chi connectivity index (χ0v) is 17.0. The van der Waals surface area contributed by atoms with Crippen molar-refractivity contribution in [3.63, 3.8) is 0 Å². The summed E-state index contributed by atoms with van der Waals surface area (Å²) >= 11 is 1.33. The van der Waals surface area contributed by atoms with Crippen LogP contribution in [0.5, 0.6) is 0 Å². The number of benzene rings is 1. The molecule has 0 saturated carbocycles. The Balaban J connectivity index is 1.55. The number of thioether (sulfide) groups is 1. The van der Waals surface area contributed by atoms with E-state index in [1.807, 2.05) is 48.7 Å². The first-order chi connectivity index (χ1) is 14.1. The number of hydrogen-bond acceptors (Lipinski definition) is 6. The van der Waals surface area contributed by atoms with Crippen LogP contribution in [0.1, 0.15) is 20.3 Å². The Morgan fingerprint density at radius 1 is 1.28 bits per heavy atom. The lowest BCUT2D eigenvalue weighted by atomic mass is 10.2. The highest BCUT2D eigenvalue weighted by Gasteiger charge is 2.29. The first-order valence-corrected chi connectivity index (χ1v) is 10.4. The molecule has 3 aromatic rings. The van der Waals surface area contributed by atoms with E-state index in [0.29, 0.717) is 34.7 Å². The van der Waals surface area contributed by atoms with Gasteiger partial charge in [-0.15, -0.1) is 10.2 Å². The minimum Gasteiger partial charge on any atom is -0.461 e. The lowest BCUT2D eigenvalue weighted by Gasteiger charge is -2.27. The van der Waals surface area contributed by atoms with Crippen molar-refractivity contribution in [2.75, 3.05) is 16.0 Å². The quantitative estimate of drug-likeness (QED) is 0.647.